The first-order valence-electron chi connectivity index (χ1n) is 7.14. The lowest BCUT2D eigenvalue weighted by Gasteiger charge is -2.43. The molecule has 24 heavy (non-hydrogen) atoms. The van der Waals surface area contributed by atoms with E-state index in [1.165, 1.54) is 13.2 Å². The normalized spacial score (nSPS) is 32.5. The van der Waals surface area contributed by atoms with Gasteiger partial charge in [-0.05, 0) is 13.0 Å². The quantitative estimate of drug-likeness (QED) is 0.436. The molecule has 5 N–H and O–H groups in total. The molecule has 128 valence electrons. The van der Waals surface area contributed by atoms with Crippen molar-refractivity contribution in [3.05, 3.63) is 34.4 Å². The fraction of sp³-hybridized carbons (Fsp3) is 0.375. The van der Waals surface area contributed by atoms with Gasteiger partial charge in [-0.2, -0.15) is 0 Å². The summed E-state index contributed by atoms with van der Waals surface area (Å²) in [5.74, 6) is -2.15. The first kappa shape index (κ1) is 16.6. The maximum Gasteiger partial charge on any atom is 0.196 e. The number of benzene rings is 1. The minimum atomic E-state index is -2.23. The molecule has 0 amide bonds. The van der Waals surface area contributed by atoms with Gasteiger partial charge in [0.25, 0.3) is 0 Å². The largest absolute Gasteiger partial charge is 0.507 e. The predicted molar refractivity (Wildman–Crippen MR) is 79.0 cm³/mol. The number of aliphatic hydroxyl groups is 4. The van der Waals surface area contributed by atoms with Gasteiger partial charge in [-0.3, -0.25) is 9.59 Å². The number of carbonyl (C=O) groups excluding carboxylic acids is 2. The zero-order chi connectivity index (χ0) is 18.0. The van der Waals surface area contributed by atoms with E-state index in [0.717, 1.165) is 13.0 Å². The molecular formula is C16H16O8. The number of methoxy groups -OCH3 is 1. The average Bonchev–Trinajstić information content (AvgIpc) is 2.53. The Morgan fingerprint density at radius 2 is 1.71 bits per heavy atom. The van der Waals surface area contributed by atoms with E-state index in [1.807, 2.05) is 0 Å². The van der Waals surface area contributed by atoms with Crippen molar-refractivity contribution in [2.45, 2.75) is 30.8 Å². The number of aromatic hydroxyl groups is 1. The highest BCUT2D eigenvalue weighted by Crippen LogP contribution is 2.43. The second-order valence-electron chi connectivity index (χ2n) is 6.07. The van der Waals surface area contributed by atoms with Crippen LogP contribution in [-0.4, -0.2) is 68.1 Å². The number of hydrogen-bond donors (Lipinski definition) is 5. The van der Waals surface area contributed by atoms with Crippen LogP contribution in [0, 0.1) is 0 Å². The maximum atomic E-state index is 12.7. The van der Waals surface area contributed by atoms with Crippen LogP contribution >= 0.6 is 0 Å². The Morgan fingerprint density at radius 1 is 1.08 bits per heavy atom. The van der Waals surface area contributed by atoms with Gasteiger partial charge in [-0.15, -0.1) is 0 Å². The number of carbonyl (C=O) groups is 2. The fourth-order valence-corrected chi connectivity index (χ4v) is 3.16. The third-order valence-corrected chi connectivity index (χ3v) is 4.60. The average molecular weight is 336 g/mol. The van der Waals surface area contributed by atoms with Gasteiger partial charge in [0.15, 0.2) is 11.6 Å². The SMILES string of the molecule is COc1cc(O)c2c(c1)C(=O)C1=C(C2=O)[C@H](O)[C@H](O)[C@@](C)(O)[C@@H]1O. The van der Waals surface area contributed by atoms with E-state index in [-0.39, 0.29) is 16.9 Å². The van der Waals surface area contributed by atoms with Gasteiger partial charge in [0, 0.05) is 22.8 Å². The Kier molecular flexibility index (Phi) is 3.54. The zero-order valence-electron chi connectivity index (χ0n) is 12.8. The van der Waals surface area contributed by atoms with Crippen LogP contribution in [0.4, 0.5) is 0 Å². The molecule has 0 spiro atoms. The third-order valence-electron chi connectivity index (χ3n) is 4.60. The van der Waals surface area contributed by atoms with E-state index >= 15 is 0 Å². The molecule has 0 saturated carbocycles. The maximum absolute atomic E-state index is 12.7. The molecule has 3 rings (SSSR count). The molecule has 0 bridgehead atoms. The van der Waals surface area contributed by atoms with Gasteiger partial charge in [-0.25, -0.2) is 0 Å². The summed E-state index contributed by atoms with van der Waals surface area (Å²) in [6.07, 6.45) is -5.65. The Bertz CT molecular complexity index is 792. The van der Waals surface area contributed by atoms with E-state index in [2.05, 4.69) is 0 Å². The molecule has 1 aromatic carbocycles. The van der Waals surface area contributed by atoms with Crippen LogP contribution in [0.3, 0.4) is 0 Å². The number of fused-ring (bicyclic) bond motifs is 1. The third kappa shape index (κ3) is 1.94. The van der Waals surface area contributed by atoms with E-state index in [0.29, 0.717) is 0 Å². The topological polar surface area (TPSA) is 145 Å². The van der Waals surface area contributed by atoms with Crippen molar-refractivity contribution in [2.75, 3.05) is 7.11 Å². The highest BCUT2D eigenvalue weighted by Gasteiger charge is 2.55. The number of hydrogen-bond acceptors (Lipinski definition) is 8. The zero-order valence-corrected chi connectivity index (χ0v) is 12.8. The molecule has 0 heterocycles. The summed E-state index contributed by atoms with van der Waals surface area (Å²) >= 11 is 0. The number of Topliss-reactive ketones (excluding diaryl/α,β-unsaturated/α-hetero) is 2. The molecule has 0 saturated heterocycles. The van der Waals surface area contributed by atoms with Crippen molar-refractivity contribution in [1.29, 1.82) is 0 Å². The van der Waals surface area contributed by atoms with E-state index in [9.17, 15) is 35.1 Å². The van der Waals surface area contributed by atoms with E-state index < -0.39 is 52.4 Å². The molecular weight excluding hydrogens is 320 g/mol. The summed E-state index contributed by atoms with van der Waals surface area (Å²) in [7, 11) is 1.31. The predicted octanol–water partition coefficient (Wildman–Crippen LogP) is -1.08. The van der Waals surface area contributed by atoms with Crippen LogP contribution in [0.25, 0.3) is 0 Å². The van der Waals surface area contributed by atoms with E-state index in [4.69, 9.17) is 4.74 Å². The fourth-order valence-electron chi connectivity index (χ4n) is 3.16. The first-order valence-corrected chi connectivity index (χ1v) is 7.14. The summed E-state index contributed by atoms with van der Waals surface area (Å²) in [5, 5.41) is 50.7. The van der Waals surface area contributed by atoms with Gasteiger partial charge < -0.3 is 30.3 Å². The van der Waals surface area contributed by atoms with Crippen molar-refractivity contribution in [3.63, 3.8) is 0 Å². The van der Waals surface area contributed by atoms with Crippen LogP contribution in [0.1, 0.15) is 27.6 Å². The van der Waals surface area contributed by atoms with Gasteiger partial charge in [-0.1, -0.05) is 0 Å². The Hall–Kier alpha value is -2.26. The Morgan fingerprint density at radius 3 is 2.29 bits per heavy atom. The molecule has 0 radical (unpaired) electrons. The molecule has 8 heteroatoms. The Labute approximate surface area is 136 Å². The lowest BCUT2D eigenvalue weighted by molar-refractivity contribution is -0.158. The molecule has 1 aromatic rings. The summed E-state index contributed by atoms with van der Waals surface area (Å²) in [6.45, 7) is 1.05. The van der Waals surface area contributed by atoms with Crippen LogP contribution < -0.4 is 4.74 Å². The van der Waals surface area contributed by atoms with Gasteiger partial charge in [0.2, 0.25) is 0 Å². The minimum Gasteiger partial charge on any atom is -0.507 e. The highest BCUT2D eigenvalue weighted by atomic mass is 16.5. The monoisotopic (exact) mass is 336 g/mol. The van der Waals surface area contributed by atoms with Crippen molar-refractivity contribution in [1.82, 2.24) is 0 Å². The number of ether oxygens (including phenoxy) is 1. The van der Waals surface area contributed by atoms with E-state index in [1.54, 1.807) is 0 Å². The number of rotatable bonds is 1. The second-order valence-corrected chi connectivity index (χ2v) is 6.07. The second kappa shape index (κ2) is 5.12. The van der Waals surface area contributed by atoms with Crippen molar-refractivity contribution >= 4 is 11.6 Å². The van der Waals surface area contributed by atoms with Crippen molar-refractivity contribution < 1.29 is 39.9 Å². The van der Waals surface area contributed by atoms with Crippen LogP contribution in [0.15, 0.2) is 23.3 Å². The molecule has 0 aromatic heterocycles. The van der Waals surface area contributed by atoms with Gasteiger partial charge >= 0.3 is 0 Å². The highest BCUT2D eigenvalue weighted by molar-refractivity contribution is 6.29. The summed E-state index contributed by atoms with van der Waals surface area (Å²) < 4.78 is 4.95. The first-order chi connectivity index (χ1) is 11.1. The van der Waals surface area contributed by atoms with Gasteiger partial charge in [0.05, 0.1) is 12.7 Å². The van der Waals surface area contributed by atoms with Crippen LogP contribution in [0.5, 0.6) is 11.5 Å². The molecule has 0 fully saturated rings. The molecule has 2 aliphatic carbocycles. The molecule has 2 aliphatic rings. The minimum absolute atomic E-state index is 0.120. The smallest absolute Gasteiger partial charge is 0.196 e. The summed E-state index contributed by atoms with van der Waals surface area (Å²) in [4.78, 5) is 25.4. The molecule has 4 atom stereocenters. The number of ketones is 2. The summed E-state index contributed by atoms with van der Waals surface area (Å²) in [5.41, 5.74) is -3.82. The summed E-state index contributed by atoms with van der Waals surface area (Å²) in [6, 6.07) is 2.35. The lowest BCUT2D eigenvalue weighted by atomic mass is 9.68. The molecule has 0 aliphatic heterocycles. The standard InChI is InChI=1S/C16H16O8/c1-16(23)14(21)10-9(13(20)15(16)22)12(19)8-6(11(10)18)3-5(24-2)4-7(8)17/h3-4,13-15,17,20-23H,1-2H3/t13-,14+,15-,16-/m0/s1. The van der Waals surface area contributed by atoms with Crippen molar-refractivity contribution in [3.8, 4) is 11.5 Å². The Balaban J connectivity index is 2.29. The molecule has 8 nitrogen and oxygen atoms in total. The number of aliphatic hydroxyl groups excluding tert-OH is 3. The lowest BCUT2D eigenvalue weighted by Crippen LogP contribution is -2.61. The van der Waals surface area contributed by atoms with Crippen LogP contribution in [0.2, 0.25) is 0 Å². The number of phenols is 1. The molecule has 0 unspecified atom stereocenters. The van der Waals surface area contributed by atoms with Crippen LogP contribution in [-0.2, 0) is 0 Å². The number of phenolic OH excluding ortho intramolecular Hbond substituents is 1. The van der Waals surface area contributed by atoms with Crippen molar-refractivity contribution in [2.24, 2.45) is 0 Å². The van der Waals surface area contributed by atoms with Gasteiger partial charge in [0.1, 0.15) is 35.4 Å².